The molecule has 1 atom stereocenters. The number of anilines is 1. The quantitative estimate of drug-likeness (QED) is 0.568. The second-order valence-electron chi connectivity index (χ2n) is 8.99. The van der Waals surface area contributed by atoms with E-state index in [0.717, 1.165) is 5.56 Å². The average molecular weight is 463 g/mol. The van der Waals surface area contributed by atoms with Gasteiger partial charge in [0.05, 0.1) is 11.3 Å². The molecule has 170 valence electrons. The molecule has 0 saturated carbocycles. The van der Waals surface area contributed by atoms with Crippen LogP contribution in [0.2, 0.25) is 0 Å². The summed E-state index contributed by atoms with van der Waals surface area (Å²) in [4.78, 5) is 44.2. The zero-order valence-electron chi connectivity index (χ0n) is 18.4. The Bertz CT molecular complexity index is 1570. The highest BCUT2D eigenvalue weighted by Crippen LogP contribution is 2.58. The Labute approximate surface area is 199 Å². The zero-order valence-corrected chi connectivity index (χ0v) is 18.4. The minimum absolute atomic E-state index is 0.184. The molecule has 1 aliphatic carbocycles. The minimum Gasteiger partial charge on any atom is -0.369 e. The normalized spacial score (nSPS) is 21.6. The molecule has 3 aromatic carbocycles. The first-order chi connectivity index (χ1) is 17.0. The highest BCUT2D eigenvalue weighted by molar-refractivity contribution is 6.33. The van der Waals surface area contributed by atoms with Crippen molar-refractivity contribution in [1.29, 1.82) is 0 Å². The molecule has 7 heteroatoms. The molecule has 7 rings (SSSR count). The number of fused-ring (bicyclic) bond motifs is 7. The fraction of sp³-hybridized carbons (Fsp3) is 0.107. The summed E-state index contributed by atoms with van der Waals surface area (Å²) < 4.78 is 13.7. The second-order valence-corrected chi connectivity index (χ2v) is 8.99. The van der Waals surface area contributed by atoms with Gasteiger partial charge in [0.15, 0.2) is 11.6 Å². The van der Waals surface area contributed by atoms with Crippen LogP contribution < -0.4 is 10.6 Å². The molecule has 0 aromatic heterocycles. The molecule has 35 heavy (non-hydrogen) atoms. The lowest BCUT2D eigenvalue weighted by molar-refractivity contribution is -0.118. The summed E-state index contributed by atoms with van der Waals surface area (Å²) in [5, 5.41) is 6.24. The van der Waals surface area contributed by atoms with Gasteiger partial charge in [0.1, 0.15) is 17.1 Å². The van der Waals surface area contributed by atoms with E-state index in [1.807, 2.05) is 17.0 Å². The molecule has 1 amide bonds. The number of hydrogen-bond donors (Lipinski definition) is 2. The number of carbonyl (C=O) groups is 3. The van der Waals surface area contributed by atoms with Crippen molar-refractivity contribution in [2.45, 2.75) is 5.41 Å². The van der Waals surface area contributed by atoms with E-state index in [0.29, 0.717) is 47.0 Å². The van der Waals surface area contributed by atoms with Gasteiger partial charge >= 0.3 is 0 Å². The molecule has 0 bridgehead atoms. The molecule has 1 unspecified atom stereocenters. The van der Waals surface area contributed by atoms with Gasteiger partial charge in [-0.15, -0.1) is 0 Å². The van der Waals surface area contributed by atoms with E-state index in [-0.39, 0.29) is 16.9 Å². The third-order valence-electron chi connectivity index (χ3n) is 7.30. The minimum atomic E-state index is -1.64. The monoisotopic (exact) mass is 463 g/mol. The van der Waals surface area contributed by atoms with E-state index in [4.69, 9.17) is 0 Å². The number of nitrogens with zero attached hydrogens (tertiary/aromatic N) is 1. The van der Waals surface area contributed by atoms with E-state index in [1.165, 1.54) is 24.3 Å². The van der Waals surface area contributed by atoms with Gasteiger partial charge in [-0.3, -0.25) is 14.4 Å². The lowest BCUT2D eigenvalue weighted by Crippen LogP contribution is -2.48. The predicted octanol–water partition coefficient (Wildman–Crippen LogP) is 3.64. The van der Waals surface area contributed by atoms with Gasteiger partial charge in [-0.2, -0.15) is 0 Å². The van der Waals surface area contributed by atoms with Crippen molar-refractivity contribution in [3.63, 3.8) is 0 Å². The lowest BCUT2D eigenvalue weighted by Gasteiger charge is -2.39. The van der Waals surface area contributed by atoms with Gasteiger partial charge in [0.25, 0.3) is 0 Å². The second kappa shape index (κ2) is 6.76. The Hall–Kier alpha value is -4.52. The van der Waals surface area contributed by atoms with Crippen molar-refractivity contribution in [2.24, 2.45) is 0 Å². The average Bonchev–Trinajstić information content (AvgIpc) is 3.54. The fourth-order valence-electron chi connectivity index (χ4n) is 5.91. The van der Waals surface area contributed by atoms with Crippen LogP contribution in [0, 0.1) is 5.82 Å². The van der Waals surface area contributed by atoms with Crippen molar-refractivity contribution in [3.8, 4) is 0 Å². The molecule has 1 fully saturated rings. The standard InChI is InChI=1S/C28H18FN3O3/c29-16-11-9-15(10-12-16)24(33)22-26-30-13-14-32(26)23-17-5-1-2-6-18(17)25(34)21(23)28(22)19-7-3-4-8-20(19)31-27(28)35/h1-12,30H,13-14H2,(H,31,35). The maximum absolute atomic E-state index is 14.2. The lowest BCUT2D eigenvalue weighted by atomic mass is 9.64. The Morgan fingerprint density at radius 2 is 1.63 bits per heavy atom. The largest absolute Gasteiger partial charge is 0.369 e. The topological polar surface area (TPSA) is 78.5 Å². The molecule has 1 saturated heterocycles. The third-order valence-corrected chi connectivity index (χ3v) is 7.30. The molecule has 4 aliphatic rings. The molecule has 0 radical (unpaired) electrons. The number of hydrogen-bond acceptors (Lipinski definition) is 5. The molecule has 3 aliphatic heterocycles. The van der Waals surface area contributed by atoms with Crippen LogP contribution in [-0.2, 0) is 10.2 Å². The van der Waals surface area contributed by atoms with E-state index >= 15 is 0 Å². The van der Waals surface area contributed by atoms with Crippen LogP contribution in [0.1, 0.15) is 31.8 Å². The molecular formula is C28H18FN3O3. The summed E-state index contributed by atoms with van der Waals surface area (Å²) in [6, 6.07) is 19.7. The first-order valence-corrected chi connectivity index (χ1v) is 11.4. The van der Waals surface area contributed by atoms with Gasteiger partial charge < -0.3 is 15.5 Å². The van der Waals surface area contributed by atoms with Gasteiger partial charge in [-0.25, -0.2) is 4.39 Å². The summed E-state index contributed by atoms with van der Waals surface area (Å²) in [7, 11) is 0. The SMILES string of the molecule is O=C(C1=C2NCCN2C2=C(C(=O)c3ccccc32)C12C(=O)Nc1ccccc12)c1ccc(F)cc1. The van der Waals surface area contributed by atoms with Crippen molar-refractivity contribution in [2.75, 3.05) is 18.4 Å². The van der Waals surface area contributed by atoms with Crippen molar-refractivity contribution < 1.29 is 18.8 Å². The molecule has 2 N–H and O–H groups in total. The Kier molecular flexibility index (Phi) is 3.84. The summed E-state index contributed by atoms with van der Waals surface area (Å²) >= 11 is 0. The van der Waals surface area contributed by atoms with E-state index < -0.39 is 22.9 Å². The first-order valence-electron chi connectivity index (χ1n) is 11.4. The Morgan fingerprint density at radius 1 is 0.914 bits per heavy atom. The smallest absolute Gasteiger partial charge is 0.244 e. The van der Waals surface area contributed by atoms with Crippen molar-refractivity contribution in [3.05, 3.63) is 118 Å². The molecule has 3 heterocycles. The predicted molar refractivity (Wildman–Crippen MR) is 127 cm³/mol. The maximum atomic E-state index is 14.2. The van der Waals surface area contributed by atoms with Crippen LogP contribution in [0.25, 0.3) is 5.70 Å². The molecule has 1 spiro atoms. The van der Waals surface area contributed by atoms with Crippen LogP contribution in [0.3, 0.4) is 0 Å². The zero-order chi connectivity index (χ0) is 23.9. The Morgan fingerprint density at radius 3 is 2.43 bits per heavy atom. The van der Waals surface area contributed by atoms with Crippen molar-refractivity contribution in [1.82, 2.24) is 10.2 Å². The van der Waals surface area contributed by atoms with Crippen LogP contribution in [0.4, 0.5) is 10.1 Å². The maximum Gasteiger partial charge on any atom is 0.244 e. The molecule has 6 nitrogen and oxygen atoms in total. The first kappa shape index (κ1) is 19.9. The fourth-order valence-corrected chi connectivity index (χ4v) is 5.91. The third kappa shape index (κ3) is 2.34. The molecular weight excluding hydrogens is 445 g/mol. The molecule has 3 aromatic rings. The van der Waals surface area contributed by atoms with Crippen LogP contribution in [0.15, 0.2) is 89.8 Å². The van der Waals surface area contributed by atoms with Crippen LogP contribution >= 0.6 is 0 Å². The Balaban J connectivity index is 1.60. The van der Waals surface area contributed by atoms with Gasteiger partial charge in [0.2, 0.25) is 5.91 Å². The van der Waals surface area contributed by atoms with Gasteiger partial charge in [0, 0.05) is 46.6 Å². The number of amides is 1. The van der Waals surface area contributed by atoms with Gasteiger partial charge in [-0.1, -0.05) is 42.5 Å². The number of nitrogens with one attached hydrogen (secondary N) is 2. The number of benzene rings is 3. The van der Waals surface area contributed by atoms with Gasteiger partial charge in [-0.05, 0) is 30.3 Å². The number of para-hydroxylation sites is 1. The number of ketones is 2. The van der Waals surface area contributed by atoms with Crippen LogP contribution in [-0.4, -0.2) is 35.5 Å². The summed E-state index contributed by atoms with van der Waals surface area (Å²) in [6.07, 6.45) is 0. The summed E-state index contributed by atoms with van der Waals surface area (Å²) in [5.41, 5.74) is 2.11. The summed E-state index contributed by atoms with van der Waals surface area (Å²) in [5.74, 6) is -1.10. The highest BCUT2D eigenvalue weighted by atomic mass is 19.1. The van der Waals surface area contributed by atoms with E-state index in [2.05, 4.69) is 10.6 Å². The number of carbonyl (C=O) groups excluding carboxylic acids is 3. The van der Waals surface area contributed by atoms with Crippen LogP contribution in [0.5, 0.6) is 0 Å². The number of rotatable bonds is 2. The number of halogens is 1. The van der Waals surface area contributed by atoms with E-state index in [9.17, 15) is 18.8 Å². The highest BCUT2D eigenvalue weighted by Gasteiger charge is 2.63. The van der Waals surface area contributed by atoms with E-state index in [1.54, 1.807) is 36.4 Å². The van der Waals surface area contributed by atoms with Crippen molar-refractivity contribution >= 4 is 28.9 Å². The summed E-state index contributed by atoms with van der Waals surface area (Å²) in [6.45, 7) is 1.08. The number of Topliss-reactive ketones (excluding diaryl/α,β-unsaturated/α-hetero) is 2.